The zero-order chi connectivity index (χ0) is 13.9. The molecule has 1 unspecified atom stereocenters. The minimum atomic E-state index is -0.804. The van der Waals surface area contributed by atoms with Gasteiger partial charge in [-0.3, -0.25) is 4.79 Å². The Morgan fingerprint density at radius 1 is 1.39 bits per heavy atom. The van der Waals surface area contributed by atoms with Crippen molar-refractivity contribution in [2.24, 2.45) is 0 Å². The maximum Gasteiger partial charge on any atom is 0.311 e. The first-order valence-electron chi connectivity index (χ1n) is 6.22. The molecule has 0 aromatic heterocycles. The maximum absolute atomic E-state index is 11.3. The number of aliphatic carboxylic acids is 1. The fraction of sp³-hybridized carbons (Fsp3) is 0.533. The van der Waals surface area contributed by atoms with Crippen LogP contribution in [0, 0.1) is 0 Å². The Labute approximate surface area is 109 Å². The molecule has 3 heteroatoms. The van der Waals surface area contributed by atoms with E-state index >= 15 is 0 Å². The second-order valence-electron chi connectivity index (χ2n) is 5.51. The van der Waals surface area contributed by atoms with E-state index in [0.717, 1.165) is 11.1 Å². The summed E-state index contributed by atoms with van der Waals surface area (Å²) in [6, 6.07) is 5.82. The Balaban J connectivity index is 3.34. The molecule has 0 radical (unpaired) electrons. The van der Waals surface area contributed by atoms with Crippen molar-refractivity contribution in [2.75, 3.05) is 7.11 Å². The summed E-state index contributed by atoms with van der Waals surface area (Å²) in [7, 11) is 1.57. The van der Waals surface area contributed by atoms with Crippen LogP contribution < -0.4 is 4.74 Å². The summed E-state index contributed by atoms with van der Waals surface area (Å²) in [4.78, 5) is 11.3. The molecule has 3 nitrogen and oxygen atoms in total. The van der Waals surface area contributed by atoms with E-state index in [1.165, 1.54) is 0 Å². The third kappa shape index (κ3) is 3.03. The third-order valence-electron chi connectivity index (χ3n) is 3.18. The van der Waals surface area contributed by atoms with Crippen LogP contribution in [0.1, 0.15) is 51.2 Å². The monoisotopic (exact) mass is 250 g/mol. The molecule has 1 atom stereocenters. The van der Waals surface area contributed by atoms with Crippen molar-refractivity contribution in [1.29, 1.82) is 0 Å². The van der Waals surface area contributed by atoms with Crippen molar-refractivity contribution < 1.29 is 14.6 Å². The molecule has 1 rings (SSSR count). The third-order valence-corrected chi connectivity index (χ3v) is 3.18. The molecule has 100 valence electrons. The second kappa shape index (κ2) is 5.42. The molecular weight excluding hydrogens is 228 g/mol. The Hall–Kier alpha value is -1.51. The number of hydrogen-bond donors (Lipinski definition) is 1. The van der Waals surface area contributed by atoms with E-state index in [9.17, 15) is 9.90 Å². The van der Waals surface area contributed by atoms with E-state index in [1.54, 1.807) is 7.11 Å². The summed E-state index contributed by atoms with van der Waals surface area (Å²) in [5.74, 6) is -0.665. The number of carboxylic acid groups (broad SMARTS) is 1. The molecule has 0 fully saturated rings. The van der Waals surface area contributed by atoms with Gasteiger partial charge in [-0.25, -0.2) is 0 Å². The van der Waals surface area contributed by atoms with Crippen LogP contribution in [0.3, 0.4) is 0 Å². The number of ether oxygens (including phenoxy) is 1. The van der Waals surface area contributed by atoms with E-state index in [4.69, 9.17) is 4.74 Å². The van der Waals surface area contributed by atoms with Gasteiger partial charge in [-0.05, 0) is 23.5 Å². The van der Waals surface area contributed by atoms with Crippen LogP contribution in [-0.2, 0) is 10.2 Å². The van der Waals surface area contributed by atoms with Gasteiger partial charge in [-0.1, -0.05) is 39.8 Å². The predicted molar refractivity (Wildman–Crippen MR) is 72.4 cm³/mol. The van der Waals surface area contributed by atoms with Gasteiger partial charge in [0.05, 0.1) is 13.0 Å². The highest BCUT2D eigenvalue weighted by molar-refractivity contribution is 5.77. The van der Waals surface area contributed by atoms with Gasteiger partial charge in [-0.15, -0.1) is 0 Å². The van der Waals surface area contributed by atoms with E-state index < -0.39 is 11.9 Å². The van der Waals surface area contributed by atoms with Crippen LogP contribution in [0.15, 0.2) is 18.2 Å². The van der Waals surface area contributed by atoms with E-state index in [0.29, 0.717) is 12.2 Å². The van der Waals surface area contributed by atoms with E-state index in [-0.39, 0.29) is 5.41 Å². The normalized spacial score (nSPS) is 13.2. The van der Waals surface area contributed by atoms with Crippen molar-refractivity contribution in [3.05, 3.63) is 29.3 Å². The second-order valence-corrected chi connectivity index (χ2v) is 5.51. The predicted octanol–water partition coefficient (Wildman–Crippen LogP) is 3.57. The van der Waals surface area contributed by atoms with Gasteiger partial charge in [-0.2, -0.15) is 0 Å². The molecule has 0 saturated heterocycles. The molecule has 1 N–H and O–H groups in total. The molecule has 1 aromatic rings. The summed E-state index contributed by atoms with van der Waals surface area (Å²) in [6.45, 7) is 8.21. The number of carboxylic acids is 1. The van der Waals surface area contributed by atoms with Crippen LogP contribution in [0.25, 0.3) is 0 Å². The van der Waals surface area contributed by atoms with Crippen molar-refractivity contribution in [3.8, 4) is 5.75 Å². The molecule has 0 amide bonds. The topological polar surface area (TPSA) is 46.5 Å². The lowest BCUT2D eigenvalue weighted by Gasteiger charge is -2.22. The molecule has 0 aliphatic carbocycles. The van der Waals surface area contributed by atoms with Gasteiger partial charge in [0.1, 0.15) is 5.75 Å². The molecule has 0 aliphatic heterocycles. The Kier molecular flexibility index (Phi) is 4.38. The van der Waals surface area contributed by atoms with Gasteiger partial charge in [0, 0.05) is 5.56 Å². The summed E-state index contributed by atoms with van der Waals surface area (Å²) in [5.41, 5.74) is 1.88. The molecule has 18 heavy (non-hydrogen) atoms. The van der Waals surface area contributed by atoms with Crippen LogP contribution in [0.5, 0.6) is 5.75 Å². The first-order valence-corrected chi connectivity index (χ1v) is 6.22. The fourth-order valence-corrected chi connectivity index (χ4v) is 2.00. The zero-order valence-corrected chi connectivity index (χ0v) is 11.8. The van der Waals surface area contributed by atoms with Gasteiger partial charge < -0.3 is 9.84 Å². The fourth-order valence-electron chi connectivity index (χ4n) is 2.00. The Morgan fingerprint density at radius 2 is 2.00 bits per heavy atom. The largest absolute Gasteiger partial charge is 0.496 e. The number of hydrogen-bond acceptors (Lipinski definition) is 2. The standard InChI is InChI=1S/C15H22O3/c1-6-11(14(16)17)12-9-10(15(2,3)4)7-8-13(12)18-5/h7-9,11H,6H2,1-5H3,(H,16,17). The molecule has 0 aliphatic rings. The number of carbonyl (C=O) groups is 1. The minimum absolute atomic E-state index is 0.00217. The first kappa shape index (κ1) is 14.6. The van der Waals surface area contributed by atoms with Crippen molar-refractivity contribution in [2.45, 2.75) is 45.4 Å². The van der Waals surface area contributed by atoms with Crippen LogP contribution in [0.4, 0.5) is 0 Å². The highest BCUT2D eigenvalue weighted by Gasteiger charge is 2.24. The highest BCUT2D eigenvalue weighted by Crippen LogP contribution is 2.33. The Bertz CT molecular complexity index is 430. The maximum atomic E-state index is 11.3. The van der Waals surface area contributed by atoms with Gasteiger partial charge in [0.15, 0.2) is 0 Å². The number of methoxy groups -OCH3 is 1. The van der Waals surface area contributed by atoms with Gasteiger partial charge in [0.2, 0.25) is 0 Å². The van der Waals surface area contributed by atoms with Crippen LogP contribution >= 0.6 is 0 Å². The molecule has 1 aromatic carbocycles. The average molecular weight is 250 g/mol. The van der Waals surface area contributed by atoms with Crippen LogP contribution in [0.2, 0.25) is 0 Å². The first-order chi connectivity index (χ1) is 8.31. The summed E-state index contributed by atoms with van der Waals surface area (Å²) < 4.78 is 5.28. The van der Waals surface area contributed by atoms with Gasteiger partial charge in [0.25, 0.3) is 0 Å². The molecular formula is C15H22O3. The number of rotatable bonds is 4. The van der Waals surface area contributed by atoms with Gasteiger partial charge >= 0.3 is 5.97 Å². The quantitative estimate of drug-likeness (QED) is 0.888. The number of benzene rings is 1. The molecule has 0 bridgehead atoms. The summed E-state index contributed by atoms with van der Waals surface area (Å²) >= 11 is 0. The van der Waals surface area contributed by atoms with Crippen molar-refractivity contribution in [3.63, 3.8) is 0 Å². The molecule has 0 heterocycles. The van der Waals surface area contributed by atoms with Crippen molar-refractivity contribution in [1.82, 2.24) is 0 Å². The SMILES string of the molecule is CCC(C(=O)O)c1cc(C(C)(C)C)ccc1OC. The Morgan fingerprint density at radius 3 is 2.39 bits per heavy atom. The lowest BCUT2D eigenvalue weighted by atomic mass is 9.83. The molecule has 0 saturated carbocycles. The summed E-state index contributed by atoms with van der Waals surface area (Å²) in [5, 5.41) is 9.28. The highest BCUT2D eigenvalue weighted by atomic mass is 16.5. The summed E-state index contributed by atoms with van der Waals surface area (Å²) in [6.07, 6.45) is 0.555. The van der Waals surface area contributed by atoms with E-state index in [2.05, 4.69) is 20.8 Å². The lowest BCUT2D eigenvalue weighted by molar-refractivity contribution is -0.138. The zero-order valence-electron chi connectivity index (χ0n) is 11.8. The van der Waals surface area contributed by atoms with Crippen LogP contribution in [-0.4, -0.2) is 18.2 Å². The average Bonchev–Trinajstić information content (AvgIpc) is 2.28. The van der Waals surface area contributed by atoms with E-state index in [1.807, 2.05) is 25.1 Å². The molecule has 0 spiro atoms. The lowest BCUT2D eigenvalue weighted by Crippen LogP contribution is -2.15. The minimum Gasteiger partial charge on any atom is -0.496 e. The smallest absolute Gasteiger partial charge is 0.311 e. The van der Waals surface area contributed by atoms with Crippen molar-refractivity contribution >= 4 is 5.97 Å².